The fraction of sp³-hybridized carbons (Fsp3) is 0.192. The van der Waals surface area contributed by atoms with E-state index in [1.807, 2.05) is 72.8 Å². The van der Waals surface area contributed by atoms with Gasteiger partial charge in [-0.1, -0.05) is 84.4 Å². The topological polar surface area (TPSA) is 46.6 Å². The molecule has 1 fully saturated rings. The molecule has 0 aliphatic carbocycles. The number of rotatable bonds is 7. The van der Waals surface area contributed by atoms with Gasteiger partial charge in [0.25, 0.3) is 5.91 Å². The lowest BCUT2D eigenvalue weighted by atomic mass is 10.0. The Bertz CT molecular complexity index is 1060. The molecule has 1 heterocycles. The number of hydrogen-bond donors (Lipinski definition) is 0. The van der Waals surface area contributed by atoms with Crippen molar-refractivity contribution in [3.63, 3.8) is 0 Å². The molecule has 1 aliphatic rings. The molecule has 6 heteroatoms. The predicted molar refractivity (Wildman–Crippen MR) is 130 cm³/mol. The first kappa shape index (κ1) is 22.5. The van der Waals surface area contributed by atoms with Gasteiger partial charge in [-0.25, -0.2) is 0 Å². The van der Waals surface area contributed by atoms with Crippen molar-refractivity contribution in [3.05, 3.63) is 112 Å². The van der Waals surface area contributed by atoms with E-state index in [0.29, 0.717) is 35.4 Å². The minimum absolute atomic E-state index is 0.205. The lowest BCUT2D eigenvalue weighted by Crippen LogP contribution is -2.43. The van der Waals surface area contributed by atoms with E-state index < -0.39 is 10.8 Å². The molecule has 3 aromatic carbocycles. The van der Waals surface area contributed by atoms with Gasteiger partial charge in [0, 0.05) is 23.9 Å². The van der Waals surface area contributed by atoms with Gasteiger partial charge in [0.1, 0.15) is 11.0 Å². The second-order valence-electron chi connectivity index (χ2n) is 7.47. The van der Waals surface area contributed by atoms with Crippen LogP contribution >= 0.6 is 11.6 Å². The number of nitrogens with zero attached hydrogens (tertiary/aromatic N) is 1. The van der Waals surface area contributed by atoms with Crippen molar-refractivity contribution in [2.45, 2.75) is 6.10 Å². The third-order valence-corrected chi connectivity index (χ3v) is 6.90. The fourth-order valence-corrected chi connectivity index (χ4v) is 4.95. The number of benzene rings is 3. The van der Waals surface area contributed by atoms with Crippen LogP contribution in [0.15, 0.2) is 89.8 Å². The van der Waals surface area contributed by atoms with Gasteiger partial charge in [-0.3, -0.25) is 9.00 Å². The van der Waals surface area contributed by atoms with Crippen molar-refractivity contribution < 1.29 is 13.7 Å². The number of amides is 1. The smallest absolute Gasteiger partial charge is 0.262 e. The first-order valence-electron chi connectivity index (χ1n) is 10.5. The van der Waals surface area contributed by atoms with E-state index >= 15 is 0 Å². The van der Waals surface area contributed by atoms with E-state index in [0.717, 1.165) is 16.7 Å². The maximum absolute atomic E-state index is 13.0. The molecule has 4 rings (SSSR count). The van der Waals surface area contributed by atoms with Crippen LogP contribution in [-0.4, -0.2) is 40.5 Å². The third-order valence-electron chi connectivity index (χ3n) is 5.31. The highest BCUT2D eigenvalue weighted by atomic mass is 35.5. The van der Waals surface area contributed by atoms with Crippen LogP contribution in [-0.2, 0) is 20.3 Å². The van der Waals surface area contributed by atoms with Crippen molar-refractivity contribution in [2.24, 2.45) is 0 Å². The van der Waals surface area contributed by atoms with Crippen molar-refractivity contribution in [1.29, 1.82) is 0 Å². The van der Waals surface area contributed by atoms with E-state index in [9.17, 15) is 9.00 Å². The molecule has 3 aromatic rings. The average molecular weight is 466 g/mol. The van der Waals surface area contributed by atoms with Gasteiger partial charge in [-0.15, -0.1) is 0 Å². The lowest BCUT2D eigenvalue weighted by molar-refractivity contribution is -0.127. The molecule has 4 nitrogen and oxygen atoms in total. The molecule has 1 atom stereocenters. The van der Waals surface area contributed by atoms with Crippen molar-refractivity contribution in [1.82, 2.24) is 4.90 Å². The third kappa shape index (κ3) is 5.54. The van der Waals surface area contributed by atoms with Gasteiger partial charge in [-0.2, -0.15) is 0 Å². The Morgan fingerprint density at radius 1 is 0.938 bits per heavy atom. The SMILES string of the molecule is O=C1C(=Cc2ccc(Cl)cc2)S(=O)CCN1CCOC(c1ccccc1)c1ccccc1. The van der Waals surface area contributed by atoms with Crippen LogP contribution in [0.3, 0.4) is 0 Å². The molecule has 0 N–H and O–H groups in total. The Labute approximate surface area is 195 Å². The van der Waals surface area contributed by atoms with Gasteiger partial charge in [0.2, 0.25) is 0 Å². The number of ether oxygens (including phenoxy) is 1. The summed E-state index contributed by atoms with van der Waals surface area (Å²) >= 11 is 5.94. The Hall–Kier alpha value is -2.73. The summed E-state index contributed by atoms with van der Waals surface area (Å²) in [4.78, 5) is 15.0. The first-order valence-corrected chi connectivity index (χ1v) is 12.2. The number of hydrogen-bond acceptors (Lipinski definition) is 3. The number of halogens is 1. The molecule has 0 bridgehead atoms. The molecule has 0 radical (unpaired) electrons. The highest BCUT2D eigenvalue weighted by Gasteiger charge is 2.29. The van der Waals surface area contributed by atoms with E-state index in [-0.39, 0.29) is 12.0 Å². The minimum atomic E-state index is -1.31. The van der Waals surface area contributed by atoms with Crippen LogP contribution in [0.2, 0.25) is 5.02 Å². The van der Waals surface area contributed by atoms with Crippen LogP contribution in [0.1, 0.15) is 22.8 Å². The monoisotopic (exact) mass is 465 g/mol. The molecule has 0 saturated carbocycles. The zero-order chi connectivity index (χ0) is 22.3. The Morgan fingerprint density at radius 3 is 2.12 bits per heavy atom. The van der Waals surface area contributed by atoms with E-state index in [2.05, 4.69) is 0 Å². The quantitative estimate of drug-likeness (QED) is 0.457. The first-order chi connectivity index (χ1) is 15.6. The predicted octanol–water partition coefficient (Wildman–Crippen LogP) is 5.08. The zero-order valence-corrected chi connectivity index (χ0v) is 19.1. The summed E-state index contributed by atoms with van der Waals surface area (Å²) in [5.74, 6) is 0.218. The number of carbonyl (C=O) groups is 1. The molecular weight excluding hydrogens is 442 g/mol. The normalized spacial score (nSPS) is 17.8. The van der Waals surface area contributed by atoms with E-state index in [1.54, 1.807) is 23.1 Å². The van der Waals surface area contributed by atoms with Crippen LogP contribution in [0.5, 0.6) is 0 Å². The molecule has 32 heavy (non-hydrogen) atoms. The molecule has 1 amide bonds. The average Bonchev–Trinajstić information content (AvgIpc) is 2.83. The van der Waals surface area contributed by atoms with E-state index in [1.165, 1.54) is 0 Å². The lowest BCUT2D eigenvalue weighted by Gasteiger charge is -2.29. The summed E-state index contributed by atoms with van der Waals surface area (Å²) < 4.78 is 18.8. The summed E-state index contributed by atoms with van der Waals surface area (Å²) in [5, 5.41) is 0.619. The van der Waals surface area contributed by atoms with Crippen LogP contribution in [0.4, 0.5) is 0 Å². The van der Waals surface area contributed by atoms with Crippen LogP contribution in [0, 0.1) is 0 Å². The maximum Gasteiger partial charge on any atom is 0.262 e. The number of carbonyl (C=O) groups excluding carboxylic acids is 1. The Balaban J connectivity index is 1.45. The molecule has 164 valence electrons. The summed E-state index contributed by atoms with van der Waals surface area (Å²) in [6, 6.07) is 27.2. The summed E-state index contributed by atoms with van der Waals surface area (Å²) in [5.41, 5.74) is 2.93. The molecule has 1 unspecified atom stereocenters. The minimum Gasteiger partial charge on any atom is -0.367 e. The molecule has 1 saturated heterocycles. The van der Waals surface area contributed by atoms with Crippen molar-refractivity contribution in [3.8, 4) is 0 Å². The summed E-state index contributed by atoms with van der Waals surface area (Å²) in [6.07, 6.45) is 1.48. The van der Waals surface area contributed by atoms with Gasteiger partial charge >= 0.3 is 0 Å². The van der Waals surface area contributed by atoms with E-state index in [4.69, 9.17) is 16.3 Å². The summed E-state index contributed by atoms with van der Waals surface area (Å²) in [6.45, 7) is 1.26. The molecular formula is C26H24ClNO3S. The fourth-order valence-electron chi connectivity index (χ4n) is 3.63. The standard InChI is InChI=1S/C26H24ClNO3S/c27-23-13-11-20(12-14-23)19-24-26(29)28(16-18-32(24)30)15-17-31-25(21-7-3-1-4-8-21)22-9-5-2-6-10-22/h1-14,19,25H,15-18H2. The summed E-state index contributed by atoms with van der Waals surface area (Å²) in [7, 11) is -1.31. The van der Waals surface area contributed by atoms with Gasteiger partial charge in [0.15, 0.2) is 0 Å². The molecule has 0 aromatic heterocycles. The second kappa shape index (κ2) is 10.7. The highest BCUT2D eigenvalue weighted by molar-refractivity contribution is 7.90. The Kier molecular flexibility index (Phi) is 7.53. The second-order valence-corrected chi connectivity index (χ2v) is 9.45. The van der Waals surface area contributed by atoms with Gasteiger partial charge in [-0.05, 0) is 34.9 Å². The van der Waals surface area contributed by atoms with Crippen molar-refractivity contribution >= 4 is 34.4 Å². The zero-order valence-electron chi connectivity index (χ0n) is 17.5. The maximum atomic E-state index is 13.0. The van der Waals surface area contributed by atoms with Gasteiger partial charge < -0.3 is 9.64 Å². The van der Waals surface area contributed by atoms with Crippen LogP contribution < -0.4 is 0 Å². The van der Waals surface area contributed by atoms with Crippen molar-refractivity contribution in [2.75, 3.05) is 25.4 Å². The molecule has 0 spiro atoms. The largest absolute Gasteiger partial charge is 0.367 e. The van der Waals surface area contributed by atoms with Crippen LogP contribution in [0.25, 0.3) is 6.08 Å². The Morgan fingerprint density at radius 2 is 1.53 bits per heavy atom. The highest BCUT2D eigenvalue weighted by Crippen LogP contribution is 2.26. The molecule has 1 aliphatic heterocycles. The van der Waals surface area contributed by atoms with Gasteiger partial charge in [0.05, 0.1) is 17.4 Å².